The maximum Gasteiger partial charge on any atom is 0.338 e. The molecule has 5 heteroatoms. The summed E-state index contributed by atoms with van der Waals surface area (Å²) in [5.41, 5.74) is 3.12. The number of benzene rings is 2. The van der Waals surface area contributed by atoms with Gasteiger partial charge in [-0.25, -0.2) is 4.79 Å². The third-order valence-corrected chi connectivity index (χ3v) is 6.37. The lowest BCUT2D eigenvalue weighted by atomic mass is 9.78. The minimum atomic E-state index is -0.330. The molecular formula is C26H27ClO4. The number of halogens is 1. The van der Waals surface area contributed by atoms with Gasteiger partial charge in [0.25, 0.3) is 0 Å². The first kappa shape index (κ1) is 21.6. The van der Waals surface area contributed by atoms with Crippen molar-refractivity contribution in [1.82, 2.24) is 0 Å². The first-order valence-electron chi connectivity index (χ1n) is 10.7. The van der Waals surface area contributed by atoms with Crippen molar-refractivity contribution < 1.29 is 19.1 Å². The molecule has 3 atom stereocenters. The van der Waals surface area contributed by atoms with Crippen LogP contribution in [0, 0.1) is 5.92 Å². The number of hydrogen-bond acceptors (Lipinski definition) is 4. The second-order valence-electron chi connectivity index (χ2n) is 9.35. The van der Waals surface area contributed by atoms with E-state index < -0.39 is 0 Å². The van der Waals surface area contributed by atoms with Crippen LogP contribution in [-0.4, -0.2) is 24.0 Å². The number of hydrogen-bond donors (Lipinski definition) is 0. The molecule has 2 aromatic rings. The summed E-state index contributed by atoms with van der Waals surface area (Å²) < 4.78 is 11.7. The standard InChI is InChI=1S/C26H27ClO4/c1-26(2,3)18-8-4-17(5-9-18)25(29)31-20-12-13-21-23(14-20)30-15-22(24(21)28)16-6-10-19(27)11-7-16/h4-11,15,20-21,23H,12-14H2,1-3H3. The van der Waals surface area contributed by atoms with Crippen LogP contribution < -0.4 is 0 Å². The predicted molar refractivity (Wildman–Crippen MR) is 121 cm³/mol. The maximum atomic E-state index is 13.0. The molecule has 2 aromatic carbocycles. The van der Waals surface area contributed by atoms with E-state index in [-0.39, 0.29) is 35.3 Å². The Labute approximate surface area is 188 Å². The third kappa shape index (κ3) is 4.69. The molecule has 0 radical (unpaired) electrons. The number of esters is 1. The fraction of sp³-hybridized carbons (Fsp3) is 0.385. The summed E-state index contributed by atoms with van der Waals surface area (Å²) in [7, 11) is 0. The van der Waals surface area contributed by atoms with E-state index in [1.165, 1.54) is 5.56 Å². The van der Waals surface area contributed by atoms with E-state index >= 15 is 0 Å². The van der Waals surface area contributed by atoms with Gasteiger partial charge < -0.3 is 9.47 Å². The van der Waals surface area contributed by atoms with Gasteiger partial charge in [-0.3, -0.25) is 4.79 Å². The van der Waals surface area contributed by atoms with Crippen molar-refractivity contribution in [3.05, 3.63) is 76.5 Å². The Morgan fingerprint density at radius 3 is 2.35 bits per heavy atom. The van der Waals surface area contributed by atoms with Gasteiger partial charge in [-0.1, -0.05) is 56.6 Å². The molecule has 2 aliphatic rings. The van der Waals surface area contributed by atoms with Crippen LogP contribution in [0.25, 0.3) is 5.57 Å². The molecule has 1 aliphatic heterocycles. The van der Waals surface area contributed by atoms with Crippen LogP contribution in [0.2, 0.25) is 5.02 Å². The molecule has 0 spiro atoms. The summed E-state index contributed by atoms with van der Waals surface area (Å²) in [5, 5.41) is 0.627. The third-order valence-electron chi connectivity index (χ3n) is 6.12. The number of carbonyl (C=O) groups is 2. The Morgan fingerprint density at radius 2 is 1.71 bits per heavy atom. The summed E-state index contributed by atoms with van der Waals surface area (Å²) >= 11 is 5.95. The lowest BCUT2D eigenvalue weighted by Crippen LogP contribution is -2.42. The molecule has 0 saturated heterocycles. The summed E-state index contributed by atoms with van der Waals surface area (Å²) in [5.74, 6) is -0.457. The smallest absolute Gasteiger partial charge is 0.338 e. The number of fused-ring (bicyclic) bond motifs is 1. The van der Waals surface area contributed by atoms with Gasteiger partial charge in [0.15, 0.2) is 5.78 Å². The molecule has 0 bridgehead atoms. The largest absolute Gasteiger partial charge is 0.496 e. The van der Waals surface area contributed by atoms with Crippen molar-refractivity contribution in [2.45, 2.75) is 57.7 Å². The van der Waals surface area contributed by atoms with Gasteiger partial charge in [0, 0.05) is 11.4 Å². The quantitative estimate of drug-likeness (QED) is 0.554. The van der Waals surface area contributed by atoms with E-state index in [1.807, 2.05) is 36.4 Å². The lowest BCUT2D eigenvalue weighted by molar-refractivity contribution is -0.126. The first-order chi connectivity index (χ1) is 14.7. The summed E-state index contributed by atoms with van der Waals surface area (Å²) in [6.07, 6.45) is 2.83. The zero-order valence-electron chi connectivity index (χ0n) is 18.1. The van der Waals surface area contributed by atoms with E-state index in [2.05, 4.69) is 20.8 Å². The number of Topliss-reactive ketones (excluding diaryl/α,β-unsaturated/α-hetero) is 1. The molecule has 4 nitrogen and oxygen atoms in total. The Morgan fingerprint density at radius 1 is 1.03 bits per heavy atom. The van der Waals surface area contributed by atoms with Crippen LogP contribution >= 0.6 is 11.6 Å². The number of carbonyl (C=O) groups excluding carboxylic acids is 2. The average molecular weight is 439 g/mol. The molecule has 31 heavy (non-hydrogen) atoms. The molecule has 4 rings (SSSR count). The van der Waals surface area contributed by atoms with Gasteiger partial charge >= 0.3 is 5.97 Å². The summed E-state index contributed by atoms with van der Waals surface area (Å²) in [6, 6.07) is 14.8. The molecule has 0 amide bonds. The minimum Gasteiger partial charge on any atom is -0.496 e. The Balaban J connectivity index is 1.40. The maximum absolute atomic E-state index is 13.0. The molecule has 3 unspecified atom stereocenters. The van der Waals surface area contributed by atoms with Crippen molar-refractivity contribution >= 4 is 28.9 Å². The van der Waals surface area contributed by atoms with E-state index in [9.17, 15) is 9.59 Å². The monoisotopic (exact) mass is 438 g/mol. The average Bonchev–Trinajstić information content (AvgIpc) is 2.74. The van der Waals surface area contributed by atoms with Crippen LogP contribution in [0.4, 0.5) is 0 Å². The fourth-order valence-corrected chi connectivity index (χ4v) is 4.35. The highest BCUT2D eigenvalue weighted by atomic mass is 35.5. The highest BCUT2D eigenvalue weighted by Gasteiger charge is 2.41. The molecular weight excluding hydrogens is 412 g/mol. The first-order valence-corrected chi connectivity index (χ1v) is 11.1. The van der Waals surface area contributed by atoms with Gasteiger partial charge in [-0.2, -0.15) is 0 Å². The second-order valence-corrected chi connectivity index (χ2v) is 9.79. The highest BCUT2D eigenvalue weighted by molar-refractivity contribution is 6.30. The van der Waals surface area contributed by atoms with Crippen molar-refractivity contribution in [2.75, 3.05) is 0 Å². The number of ether oxygens (including phenoxy) is 2. The van der Waals surface area contributed by atoms with Crippen molar-refractivity contribution in [2.24, 2.45) is 5.92 Å². The van der Waals surface area contributed by atoms with Crippen LogP contribution in [0.1, 0.15) is 61.5 Å². The van der Waals surface area contributed by atoms with Crippen molar-refractivity contribution in [3.63, 3.8) is 0 Å². The van der Waals surface area contributed by atoms with E-state index in [0.29, 0.717) is 35.4 Å². The van der Waals surface area contributed by atoms with Gasteiger partial charge in [-0.15, -0.1) is 0 Å². The predicted octanol–water partition coefficient (Wildman–Crippen LogP) is 5.97. The second kappa shape index (κ2) is 8.51. The molecule has 0 aromatic heterocycles. The molecule has 162 valence electrons. The van der Waals surface area contributed by atoms with E-state index in [1.54, 1.807) is 18.4 Å². The topological polar surface area (TPSA) is 52.6 Å². The van der Waals surface area contributed by atoms with Crippen molar-refractivity contribution in [3.8, 4) is 0 Å². The molecule has 0 N–H and O–H groups in total. The lowest BCUT2D eigenvalue weighted by Gasteiger charge is -2.37. The molecule has 1 saturated carbocycles. The van der Waals surface area contributed by atoms with Gasteiger partial charge in [0.2, 0.25) is 0 Å². The number of ketones is 1. The molecule has 1 fully saturated rings. The summed E-state index contributed by atoms with van der Waals surface area (Å²) in [6.45, 7) is 6.41. The fourth-order valence-electron chi connectivity index (χ4n) is 4.23. The van der Waals surface area contributed by atoms with Crippen molar-refractivity contribution in [1.29, 1.82) is 0 Å². The van der Waals surface area contributed by atoms with Crippen LogP contribution in [-0.2, 0) is 19.7 Å². The molecule has 1 aliphatic carbocycles. The summed E-state index contributed by atoms with van der Waals surface area (Å²) in [4.78, 5) is 25.6. The Bertz CT molecular complexity index is 999. The zero-order chi connectivity index (χ0) is 22.2. The van der Waals surface area contributed by atoms with E-state index in [4.69, 9.17) is 21.1 Å². The SMILES string of the molecule is CC(C)(C)c1ccc(C(=O)OC2CCC3C(=O)C(c4ccc(Cl)cc4)=COC3C2)cc1. The van der Waals surface area contributed by atoms with Gasteiger partial charge in [-0.05, 0) is 53.6 Å². The van der Waals surface area contributed by atoms with Crippen LogP contribution in [0.15, 0.2) is 54.8 Å². The normalized spacial score (nSPS) is 23.4. The number of allylic oxidation sites excluding steroid dienone is 1. The van der Waals surface area contributed by atoms with Crippen LogP contribution in [0.5, 0.6) is 0 Å². The zero-order valence-corrected chi connectivity index (χ0v) is 18.8. The van der Waals surface area contributed by atoms with Crippen LogP contribution in [0.3, 0.4) is 0 Å². The minimum absolute atomic E-state index is 0.0318. The Kier molecular flexibility index (Phi) is 5.94. The number of rotatable bonds is 3. The van der Waals surface area contributed by atoms with Gasteiger partial charge in [0.1, 0.15) is 12.2 Å². The van der Waals surface area contributed by atoms with Gasteiger partial charge in [0.05, 0.1) is 23.3 Å². The molecule has 1 heterocycles. The van der Waals surface area contributed by atoms with E-state index in [0.717, 1.165) is 5.56 Å². The highest BCUT2D eigenvalue weighted by Crippen LogP contribution is 2.37. The Hall–Kier alpha value is -2.59.